The fourth-order valence-corrected chi connectivity index (χ4v) is 1.37. The highest BCUT2D eigenvalue weighted by Gasteiger charge is 2.07. The van der Waals surface area contributed by atoms with Crippen LogP contribution >= 0.6 is 11.6 Å². The number of nitrogens with one attached hydrogen (secondary N) is 1. The summed E-state index contributed by atoms with van der Waals surface area (Å²) in [4.78, 5) is 23.3. The predicted octanol–water partition coefficient (Wildman–Crippen LogP) is 1.46. The Hall–Kier alpha value is -2.01. The van der Waals surface area contributed by atoms with E-state index in [0.717, 1.165) is 5.56 Å². The number of rotatable bonds is 3. The number of carbonyl (C=O) groups is 1. The van der Waals surface area contributed by atoms with Crippen molar-refractivity contribution in [1.29, 1.82) is 0 Å². The molecule has 0 saturated carbocycles. The molecule has 1 amide bonds. The summed E-state index contributed by atoms with van der Waals surface area (Å²) in [5.74, 6) is -0.316. The highest BCUT2D eigenvalue weighted by molar-refractivity contribution is 6.29. The summed E-state index contributed by atoms with van der Waals surface area (Å²) >= 11 is 5.64. The lowest BCUT2D eigenvalue weighted by Crippen LogP contribution is -2.24. The Labute approximate surface area is 103 Å². The van der Waals surface area contributed by atoms with Crippen molar-refractivity contribution in [3.63, 3.8) is 0 Å². The van der Waals surface area contributed by atoms with Gasteiger partial charge in [-0.05, 0) is 11.6 Å². The second-order valence-corrected chi connectivity index (χ2v) is 3.66. The van der Waals surface area contributed by atoms with Gasteiger partial charge < -0.3 is 5.32 Å². The minimum absolute atomic E-state index is 0.194. The fraction of sp³-hybridized carbons (Fsp3) is 0.0909. The first-order valence-electron chi connectivity index (χ1n) is 4.90. The third-order valence-corrected chi connectivity index (χ3v) is 2.20. The van der Waals surface area contributed by atoms with Gasteiger partial charge in [0.15, 0.2) is 0 Å². The molecule has 0 saturated heterocycles. The molecule has 2 aromatic heterocycles. The smallest absolute Gasteiger partial charge is 0.271 e. The van der Waals surface area contributed by atoms with Crippen LogP contribution in [-0.4, -0.2) is 20.9 Å². The lowest BCUT2D eigenvalue weighted by atomic mass is 10.3. The molecule has 5 nitrogen and oxygen atoms in total. The van der Waals surface area contributed by atoms with E-state index in [0.29, 0.717) is 6.54 Å². The molecule has 1 N–H and O–H groups in total. The number of hydrogen-bond donors (Lipinski definition) is 1. The van der Waals surface area contributed by atoms with Gasteiger partial charge >= 0.3 is 0 Å². The van der Waals surface area contributed by atoms with E-state index in [-0.39, 0.29) is 16.8 Å². The highest BCUT2D eigenvalue weighted by atomic mass is 35.5. The molecule has 2 heterocycles. The van der Waals surface area contributed by atoms with Crippen LogP contribution in [0.2, 0.25) is 5.15 Å². The Balaban J connectivity index is 1.98. The van der Waals surface area contributed by atoms with Gasteiger partial charge in [0.25, 0.3) is 5.91 Å². The zero-order valence-corrected chi connectivity index (χ0v) is 9.55. The zero-order chi connectivity index (χ0) is 12.1. The molecule has 0 aliphatic rings. The molecule has 0 aliphatic heterocycles. The zero-order valence-electron chi connectivity index (χ0n) is 8.80. The van der Waals surface area contributed by atoms with Crippen molar-refractivity contribution in [3.05, 3.63) is 53.3 Å². The second kappa shape index (κ2) is 5.36. The summed E-state index contributed by atoms with van der Waals surface area (Å²) in [6.07, 6.45) is 6.10. The molecule has 86 valence electrons. The van der Waals surface area contributed by atoms with E-state index in [2.05, 4.69) is 20.3 Å². The van der Waals surface area contributed by atoms with Crippen molar-refractivity contribution in [3.8, 4) is 0 Å². The number of hydrogen-bond acceptors (Lipinski definition) is 4. The maximum atomic E-state index is 11.7. The summed E-state index contributed by atoms with van der Waals surface area (Å²) < 4.78 is 0. The maximum Gasteiger partial charge on any atom is 0.271 e. The number of aromatic nitrogens is 3. The van der Waals surface area contributed by atoms with Gasteiger partial charge in [-0.15, -0.1) is 0 Å². The topological polar surface area (TPSA) is 67.8 Å². The second-order valence-electron chi connectivity index (χ2n) is 3.27. The quantitative estimate of drug-likeness (QED) is 0.893. The third-order valence-electron chi connectivity index (χ3n) is 2.01. The van der Waals surface area contributed by atoms with Crippen LogP contribution < -0.4 is 5.32 Å². The van der Waals surface area contributed by atoms with Crippen LogP contribution in [0.25, 0.3) is 0 Å². The molecule has 2 aromatic rings. The molecule has 0 fully saturated rings. The summed E-state index contributed by atoms with van der Waals surface area (Å²) in [6, 6.07) is 3.68. The Morgan fingerprint density at radius 1 is 1.29 bits per heavy atom. The molecule has 0 spiro atoms. The van der Waals surface area contributed by atoms with Gasteiger partial charge in [0.2, 0.25) is 0 Å². The lowest BCUT2D eigenvalue weighted by Gasteiger charge is -2.03. The summed E-state index contributed by atoms with van der Waals surface area (Å²) in [7, 11) is 0. The van der Waals surface area contributed by atoms with Crippen molar-refractivity contribution in [2.24, 2.45) is 0 Å². The largest absolute Gasteiger partial charge is 0.347 e. The Morgan fingerprint density at radius 3 is 2.88 bits per heavy atom. The third kappa shape index (κ3) is 3.22. The molecule has 0 atom stereocenters. The van der Waals surface area contributed by atoms with Gasteiger partial charge in [-0.3, -0.25) is 14.8 Å². The van der Waals surface area contributed by atoms with Crippen LogP contribution in [-0.2, 0) is 6.54 Å². The van der Waals surface area contributed by atoms with E-state index in [1.165, 1.54) is 12.4 Å². The molecule has 0 unspecified atom stereocenters. The molecule has 0 radical (unpaired) electrons. The first kappa shape index (κ1) is 11.5. The average molecular weight is 249 g/mol. The summed E-state index contributed by atoms with van der Waals surface area (Å²) in [5.41, 5.74) is 1.11. The molecular formula is C11H9ClN4O. The van der Waals surface area contributed by atoms with Crippen LogP contribution in [0.15, 0.2) is 36.9 Å². The summed E-state index contributed by atoms with van der Waals surface area (Å²) in [5, 5.41) is 2.90. The van der Waals surface area contributed by atoms with Crippen molar-refractivity contribution >= 4 is 17.5 Å². The molecule has 2 rings (SSSR count). The van der Waals surface area contributed by atoms with Crippen molar-refractivity contribution in [2.75, 3.05) is 0 Å². The Bertz CT molecular complexity index is 518. The summed E-state index contributed by atoms with van der Waals surface area (Å²) in [6.45, 7) is 0.390. The molecule has 6 heteroatoms. The van der Waals surface area contributed by atoms with Gasteiger partial charge in [0, 0.05) is 18.9 Å². The normalized spacial score (nSPS) is 9.94. The van der Waals surface area contributed by atoms with Crippen LogP contribution in [0.4, 0.5) is 0 Å². The highest BCUT2D eigenvalue weighted by Crippen LogP contribution is 2.02. The standard InChI is InChI=1S/C11H9ClN4O/c12-10-7-14-6-9(16-10)11(17)15-5-8-2-1-3-13-4-8/h1-4,6-7H,5H2,(H,15,17). The number of pyridine rings is 1. The molecule has 0 bridgehead atoms. The SMILES string of the molecule is O=C(NCc1cccnc1)c1cncc(Cl)n1. The number of carbonyl (C=O) groups excluding carboxylic acids is 1. The maximum absolute atomic E-state index is 11.7. The van der Waals surface area contributed by atoms with E-state index in [4.69, 9.17) is 11.6 Å². The van der Waals surface area contributed by atoms with Crippen LogP contribution in [0.3, 0.4) is 0 Å². The Morgan fingerprint density at radius 2 is 2.18 bits per heavy atom. The predicted molar refractivity (Wildman–Crippen MR) is 62.4 cm³/mol. The lowest BCUT2D eigenvalue weighted by molar-refractivity contribution is 0.0945. The fourth-order valence-electron chi connectivity index (χ4n) is 1.23. The first-order chi connectivity index (χ1) is 8.25. The Kier molecular flexibility index (Phi) is 3.62. The number of nitrogens with zero attached hydrogens (tertiary/aromatic N) is 3. The minimum atomic E-state index is -0.316. The number of amides is 1. The average Bonchev–Trinajstić information content (AvgIpc) is 2.37. The van der Waals surface area contributed by atoms with Gasteiger partial charge in [-0.25, -0.2) is 4.98 Å². The van der Waals surface area contributed by atoms with E-state index >= 15 is 0 Å². The van der Waals surface area contributed by atoms with E-state index in [1.807, 2.05) is 6.07 Å². The van der Waals surface area contributed by atoms with E-state index in [9.17, 15) is 4.79 Å². The first-order valence-corrected chi connectivity index (χ1v) is 5.28. The van der Waals surface area contributed by atoms with Crippen molar-refractivity contribution in [1.82, 2.24) is 20.3 Å². The monoisotopic (exact) mass is 248 g/mol. The van der Waals surface area contributed by atoms with E-state index < -0.39 is 0 Å². The molecule has 17 heavy (non-hydrogen) atoms. The molecule has 0 aromatic carbocycles. The van der Waals surface area contributed by atoms with Crippen molar-refractivity contribution in [2.45, 2.75) is 6.54 Å². The van der Waals surface area contributed by atoms with Crippen LogP contribution in [0.5, 0.6) is 0 Å². The van der Waals surface area contributed by atoms with Gasteiger partial charge in [0.05, 0.1) is 12.4 Å². The molecular weight excluding hydrogens is 240 g/mol. The van der Waals surface area contributed by atoms with Crippen molar-refractivity contribution < 1.29 is 4.79 Å². The minimum Gasteiger partial charge on any atom is -0.347 e. The van der Waals surface area contributed by atoms with Gasteiger partial charge in [-0.1, -0.05) is 17.7 Å². The molecule has 0 aliphatic carbocycles. The van der Waals surface area contributed by atoms with Gasteiger partial charge in [0.1, 0.15) is 10.8 Å². The van der Waals surface area contributed by atoms with Crippen LogP contribution in [0, 0.1) is 0 Å². The van der Waals surface area contributed by atoms with Crippen LogP contribution in [0.1, 0.15) is 16.1 Å². The van der Waals surface area contributed by atoms with E-state index in [1.54, 1.807) is 18.5 Å². The number of halogens is 1. The van der Waals surface area contributed by atoms with Gasteiger partial charge in [-0.2, -0.15) is 0 Å².